The normalized spacial score (nSPS) is 11.9. The largest absolute Gasteiger partial charge is 0.496 e. The van der Waals surface area contributed by atoms with Crippen LogP contribution in [0.4, 0.5) is 15.9 Å². The molecule has 0 fully saturated rings. The number of methoxy groups -OCH3 is 1. The second-order valence-corrected chi connectivity index (χ2v) is 7.24. The van der Waals surface area contributed by atoms with Gasteiger partial charge in [-0.2, -0.15) is 0 Å². The molecule has 1 atom stereocenters. The summed E-state index contributed by atoms with van der Waals surface area (Å²) in [7, 11) is 5.02. The van der Waals surface area contributed by atoms with E-state index in [0.717, 1.165) is 5.56 Å². The van der Waals surface area contributed by atoms with E-state index >= 15 is 0 Å². The van der Waals surface area contributed by atoms with Crippen LogP contribution in [0.3, 0.4) is 0 Å². The minimum absolute atomic E-state index is 0.0134. The summed E-state index contributed by atoms with van der Waals surface area (Å²) in [5.74, 6) is 0.398. The molecular weight excluding hydrogens is 409 g/mol. The summed E-state index contributed by atoms with van der Waals surface area (Å²) in [5.41, 5.74) is 1.59. The van der Waals surface area contributed by atoms with Crippen LogP contribution in [0.15, 0.2) is 36.7 Å². The molecule has 2 N–H and O–H groups in total. The molecule has 0 radical (unpaired) electrons. The highest BCUT2D eigenvalue weighted by Crippen LogP contribution is 2.32. The summed E-state index contributed by atoms with van der Waals surface area (Å²) in [6, 6.07) is 7.99. The fraction of sp³-hybridized carbons (Fsp3) is 0.286. The van der Waals surface area contributed by atoms with Crippen molar-refractivity contribution in [3.8, 4) is 5.75 Å². The molecule has 0 aliphatic heterocycles. The van der Waals surface area contributed by atoms with E-state index in [1.165, 1.54) is 12.4 Å². The van der Waals surface area contributed by atoms with E-state index in [4.69, 9.17) is 16.3 Å². The molecule has 158 valence electrons. The van der Waals surface area contributed by atoms with Crippen molar-refractivity contribution in [1.29, 1.82) is 0 Å². The fourth-order valence-corrected chi connectivity index (χ4v) is 3.23. The number of carbonyl (C=O) groups is 1. The lowest BCUT2D eigenvalue weighted by atomic mass is 10.1. The van der Waals surface area contributed by atoms with Crippen molar-refractivity contribution in [2.24, 2.45) is 0 Å². The molecule has 0 unspecified atom stereocenters. The molecule has 0 spiro atoms. The Morgan fingerprint density at radius 2 is 2.10 bits per heavy atom. The summed E-state index contributed by atoms with van der Waals surface area (Å²) in [6.45, 7) is 2.12. The lowest BCUT2D eigenvalue weighted by molar-refractivity contribution is -0.132. The lowest BCUT2D eigenvalue weighted by Crippen LogP contribution is -2.41. The second-order valence-electron chi connectivity index (χ2n) is 6.83. The van der Waals surface area contributed by atoms with E-state index in [-0.39, 0.29) is 22.7 Å². The number of fused-ring (bicyclic) bond motifs is 1. The molecule has 30 heavy (non-hydrogen) atoms. The Balaban J connectivity index is 2.01. The molecule has 0 aliphatic rings. The van der Waals surface area contributed by atoms with Crippen LogP contribution in [0.1, 0.15) is 12.5 Å². The maximum atomic E-state index is 14.3. The number of rotatable bonds is 7. The van der Waals surface area contributed by atoms with Gasteiger partial charge in [0.2, 0.25) is 5.91 Å². The van der Waals surface area contributed by atoms with Crippen molar-refractivity contribution in [2.75, 3.05) is 26.5 Å². The molecule has 0 bridgehead atoms. The monoisotopic (exact) mass is 431 g/mol. The van der Waals surface area contributed by atoms with Gasteiger partial charge in [-0.3, -0.25) is 4.79 Å². The van der Waals surface area contributed by atoms with E-state index in [9.17, 15) is 9.18 Å². The molecule has 3 aromatic rings. The minimum Gasteiger partial charge on any atom is -0.496 e. The molecule has 1 amide bonds. The van der Waals surface area contributed by atoms with E-state index in [1.54, 1.807) is 51.2 Å². The van der Waals surface area contributed by atoms with Crippen molar-refractivity contribution in [2.45, 2.75) is 19.5 Å². The Labute approximate surface area is 179 Å². The Morgan fingerprint density at radius 3 is 2.80 bits per heavy atom. The van der Waals surface area contributed by atoms with Crippen LogP contribution < -0.4 is 15.4 Å². The summed E-state index contributed by atoms with van der Waals surface area (Å²) < 4.78 is 19.8. The quantitative estimate of drug-likeness (QED) is 0.593. The van der Waals surface area contributed by atoms with Gasteiger partial charge in [0, 0.05) is 30.6 Å². The van der Waals surface area contributed by atoms with E-state index < -0.39 is 5.82 Å². The topological polar surface area (TPSA) is 79.4 Å². The molecule has 9 heteroatoms. The molecule has 3 rings (SSSR count). The number of ether oxygens (including phenoxy) is 1. The number of nitrogens with zero attached hydrogens (tertiary/aromatic N) is 3. The summed E-state index contributed by atoms with van der Waals surface area (Å²) in [4.78, 5) is 22.6. The number of halogens is 2. The maximum absolute atomic E-state index is 14.3. The van der Waals surface area contributed by atoms with Crippen molar-refractivity contribution < 1.29 is 13.9 Å². The van der Waals surface area contributed by atoms with Crippen LogP contribution in [0.5, 0.6) is 5.75 Å². The van der Waals surface area contributed by atoms with Crippen molar-refractivity contribution >= 4 is 39.9 Å². The van der Waals surface area contributed by atoms with Gasteiger partial charge in [0.25, 0.3) is 0 Å². The van der Waals surface area contributed by atoms with Gasteiger partial charge in [-0.15, -0.1) is 0 Å². The standard InChI is InChI=1S/C21H23ClFN5O2/c1-12(24-2)21(29)28(3)10-13-8-14-17(9-18(13)30-4)25-11-26-20(14)27-16-7-5-6-15(22)19(16)23/h5-9,11-12,24H,10H2,1-4H3,(H,25,26,27)/t12-/m1/s1. The van der Waals surface area contributed by atoms with Crippen LogP contribution in [0, 0.1) is 5.82 Å². The van der Waals surface area contributed by atoms with Crippen LogP contribution in [-0.2, 0) is 11.3 Å². The average molecular weight is 432 g/mol. The first-order chi connectivity index (χ1) is 14.3. The summed E-state index contributed by atoms with van der Waals surface area (Å²) in [5, 5.41) is 6.59. The van der Waals surface area contributed by atoms with E-state index in [2.05, 4.69) is 20.6 Å². The Morgan fingerprint density at radius 1 is 1.33 bits per heavy atom. The summed E-state index contributed by atoms with van der Waals surface area (Å²) >= 11 is 5.88. The van der Waals surface area contributed by atoms with Crippen LogP contribution >= 0.6 is 11.6 Å². The SMILES string of the molecule is CN[C@H](C)C(=O)N(C)Cc1cc2c(Nc3cccc(Cl)c3F)ncnc2cc1OC. The Hall–Kier alpha value is -2.97. The number of nitrogens with one attached hydrogen (secondary N) is 2. The lowest BCUT2D eigenvalue weighted by Gasteiger charge is -2.22. The highest BCUT2D eigenvalue weighted by molar-refractivity contribution is 6.31. The Kier molecular flexibility index (Phi) is 6.69. The second kappa shape index (κ2) is 9.23. The molecule has 2 aromatic carbocycles. The van der Waals surface area contributed by atoms with E-state index in [1.807, 2.05) is 6.07 Å². The predicted molar refractivity (Wildman–Crippen MR) is 116 cm³/mol. The highest BCUT2D eigenvalue weighted by atomic mass is 35.5. The van der Waals surface area contributed by atoms with Gasteiger partial charge in [-0.1, -0.05) is 17.7 Å². The molecular formula is C21H23ClFN5O2. The fourth-order valence-electron chi connectivity index (χ4n) is 3.06. The minimum atomic E-state index is -0.564. The zero-order chi connectivity index (χ0) is 21.8. The number of aromatic nitrogens is 2. The Bertz CT molecular complexity index is 1080. The third-order valence-electron chi connectivity index (χ3n) is 4.83. The zero-order valence-corrected chi connectivity index (χ0v) is 17.9. The molecule has 0 aliphatic carbocycles. The first kappa shape index (κ1) is 21.7. The van der Waals surface area contributed by atoms with Gasteiger partial charge in [0.05, 0.1) is 29.4 Å². The van der Waals surface area contributed by atoms with Crippen LogP contribution in [-0.4, -0.2) is 48.0 Å². The highest BCUT2D eigenvalue weighted by Gasteiger charge is 2.19. The first-order valence-corrected chi connectivity index (χ1v) is 9.68. The summed E-state index contributed by atoms with van der Waals surface area (Å²) in [6.07, 6.45) is 1.39. The van der Waals surface area contributed by atoms with Crippen molar-refractivity contribution in [1.82, 2.24) is 20.2 Å². The van der Waals surface area contributed by atoms with E-state index in [0.29, 0.717) is 29.0 Å². The van der Waals surface area contributed by atoms with Gasteiger partial charge in [0.1, 0.15) is 17.9 Å². The van der Waals surface area contributed by atoms with Gasteiger partial charge < -0.3 is 20.3 Å². The van der Waals surface area contributed by atoms with Crippen LogP contribution in [0.2, 0.25) is 5.02 Å². The van der Waals surface area contributed by atoms with Crippen molar-refractivity contribution in [3.05, 3.63) is 53.1 Å². The average Bonchev–Trinajstić information content (AvgIpc) is 2.75. The van der Waals surface area contributed by atoms with Gasteiger partial charge in [0.15, 0.2) is 5.82 Å². The maximum Gasteiger partial charge on any atom is 0.239 e. The van der Waals surface area contributed by atoms with Crippen LogP contribution in [0.25, 0.3) is 10.9 Å². The molecule has 0 saturated heterocycles. The molecule has 7 nitrogen and oxygen atoms in total. The van der Waals surface area contributed by atoms with Gasteiger partial charge in [-0.25, -0.2) is 14.4 Å². The predicted octanol–water partition coefficient (Wildman–Crippen LogP) is 3.74. The van der Waals surface area contributed by atoms with Gasteiger partial charge in [-0.05, 0) is 32.2 Å². The molecule has 1 heterocycles. The number of benzene rings is 2. The number of carbonyl (C=O) groups excluding carboxylic acids is 1. The third-order valence-corrected chi connectivity index (χ3v) is 5.12. The number of amides is 1. The number of anilines is 2. The number of hydrogen-bond donors (Lipinski definition) is 2. The number of likely N-dealkylation sites (N-methyl/N-ethyl adjacent to an activating group) is 2. The van der Waals surface area contributed by atoms with Gasteiger partial charge >= 0.3 is 0 Å². The molecule has 0 saturated carbocycles. The zero-order valence-electron chi connectivity index (χ0n) is 17.2. The smallest absolute Gasteiger partial charge is 0.239 e. The third kappa shape index (κ3) is 4.44. The first-order valence-electron chi connectivity index (χ1n) is 9.30. The number of hydrogen-bond acceptors (Lipinski definition) is 6. The van der Waals surface area contributed by atoms with Crippen molar-refractivity contribution in [3.63, 3.8) is 0 Å². The molecule has 1 aromatic heterocycles.